The van der Waals surface area contributed by atoms with Crippen LogP contribution in [0, 0.1) is 0 Å². The van der Waals surface area contributed by atoms with Crippen molar-refractivity contribution in [2.75, 3.05) is 5.73 Å². The molecule has 2 N–H and O–H groups in total. The molecule has 5 nitrogen and oxygen atoms in total. The van der Waals surface area contributed by atoms with Gasteiger partial charge in [-0.05, 0) is 60.7 Å². The number of carbonyl (C=O) groups is 1. The molecule has 5 rings (SSSR count). The van der Waals surface area contributed by atoms with E-state index in [0.29, 0.717) is 30.4 Å². The molecule has 150 valence electrons. The number of nitrogens with zero attached hydrogens (tertiary/aromatic N) is 2. The lowest BCUT2D eigenvalue weighted by Crippen LogP contribution is -2.11. The monoisotopic (exact) mass is 415 g/mol. The summed E-state index contributed by atoms with van der Waals surface area (Å²) < 4.78 is 5.91. The number of carbonyl (C=O) groups excluding carboxylic acids is 1. The fourth-order valence-electron chi connectivity index (χ4n) is 4.00. The van der Waals surface area contributed by atoms with Crippen molar-refractivity contribution in [2.24, 2.45) is 0 Å². The summed E-state index contributed by atoms with van der Waals surface area (Å²) in [6.45, 7) is 0. The number of ketones is 1. The van der Waals surface area contributed by atoms with Crippen molar-refractivity contribution in [2.45, 2.75) is 31.6 Å². The van der Waals surface area contributed by atoms with Gasteiger partial charge in [0.1, 0.15) is 29.4 Å². The Hall–Kier alpha value is -3.25. The Bertz CT molecular complexity index is 1190. The van der Waals surface area contributed by atoms with Crippen LogP contribution in [-0.4, -0.2) is 15.8 Å². The Morgan fingerprint density at radius 3 is 2.37 bits per heavy atom. The number of rotatable bonds is 4. The van der Waals surface area contributed by atoms with E-state index in [0.717, 1.165) is 45.7 Å². The van der Waals surface area contributed by atoms with Gasteiger partial charge in [0.05, 0.1) is 10.9 Å². The van der Waals surface area contributed by atoms with Gasteiger partial charge < -0.3 is 10.5 Å². The molecule has 4 aromatic rings. The molecule has 1 aliphatic carbocycles. The molecule has 0 bridgehead atoms. The van der Waals surface area contributed by atoms with Gasteiger partial charge in [-0.25, -0.2) is 9.97 Å². The highest BCUT2D eigenvalue weighted by Gasteiger charge is 2.26. The molecule has 0 amide bonds. The number of benzene rings is 2. The molecular weight excluding hydrogens is 394 g/mol. The lowest BCUT2D eigenvalue weighted by atomic mass is 9.87. The van der Waals surface area contributed by atoms with Crippen molar-refractivity contribution in [1.82, 2.24) is 9.97 Å². The van der Waals surface area contributed by atoms with Gasteiger partial charge in [-0.1, -0.05) is 18.2 Å². The Balaban J connectivity index is 1.51. The molecule has 2 aromatic heterocycles. The molecule has 0 atom stereocenters. The van der Waals surface area contributed by atoms with E-state index in [2.05, 4.69) is 9.97 Å². The third-order valence-electron chi connectivity index (χ3n) is 5.56. The first-order valence-electron chi connectivity index (χ1n) is 10.1. The largest absolute Gasteiger partial charge is 0.457 e. The van der Waals surface area contributed by atoms with Crippen LogP contribution < -0.4 is 10.5 Å². The molecule has 0 unspecified atom stereocenters. The molecule has 6 heteroatoms. The van der Waals surface area contributed by atoms with Crippen LogP contribution in [0.15, 0.2) is 60.9 Å². The van der Waals surface area contributed by atoms with E-state index in [1.165, 1.54) is 11.2 Å². The predicted molar refractivity (Wildman–Crippen MR) is 120 cm³/mol. The summed E-state index contributed by atoms with van der Waals surface area (Å²) in [6.07, 6.45) is 4.57. The van der Waals surface area contributed by atoms with E-state index in [9.17, 15) is 4.79 Å². The van der Waals surface area contributed by atoms with E-state index in [1.54, 1.807) is 11.3 Å². The van der Waals surface area contributed by atoms with Gasteiger partial charge in [0.2, 0.25) is 0 Å². The van der Waals surface area contributed by atoms with Gasteiger partial charge in [-0.15, -0.1) is 11.3 Å². The van der Waals surface area contributed by atoms with E-state index in [4.69, 9.17) is 10.5 Å². The molecule has 0 saturated heterocycles. The Kier molecular flexibility index (Phi) is 4.93. The van der Waals surface area contributed by atoms with Gasteiger partial charge >= 0.3 is 0 Å². The zero-order chi connectivity index (χ0) is 20.5. The maximum absolute atomic E-state index is 11.7. The van der Waals surface area contributed by atoms with E-state index >= 15 is 0 Å². The number of aromatic nitrogens is 2. The Morgan fingerprint density at radius 2 is 1.63 bits per heavy atom. The molecule has 0 aliphatic heterocycles. The number of thiophene rings is 1. The first-order valence-corrected chi connectivity index (χ1v) is 10.9. The molecule has 0 spiro atoms. The number of nitrogen functional groups attached to an aromatic ring is 1. The van der Waals surface area contributed by atoms with Crippen molar-refractivity contribution < 1.29 is 9.53 Å². The van der Waals surface area contributed by atoms with E-state index in [1.807, 2.05) is 54.6 Å². The third-order valence-corrected chi connectivity index (χ3v) is 6.95. The molecule has 2 heterocycles. The van der Waals surface area contributed by atoms with Gasteiger partial charge in [0.15, 0.2) is 0 Å². The standard InChI is InChI=1S/C24H21N3O2S/c25-24-20-21(26-14-27-24)23(16-6-10-17(28)11-7-16)30-22(20)15-8-12-19(13-9-15)29-18-4-2-1-3-5-18/h1-5,8-9,12-14,16H,6-7,10-11H2,(H2,25,26,27). The molecule has 30 heavy (non-hydrogen) atoms. The minimum atomic E-state index is 0.346. The summed E-state index contributed by atoms with van der Waals surface area (Å²) >= 11 is 1.72. The van der Waals surface area contributed by atoms with Crippen LogP contribution in [0.1, 0.15) is 36.5 Å². The van der Waals surface area contributed by atoms with Crippen LogP contribution in [0.4, 0.5) is 5.82 Å². The number of anilines is 1. The molecule has 1 saturated carbocycles. The maximum Gasteiger partial charge on any atom is 0.136 e. The summed E-state index contributed by atoms with van der Waals surface area (Å²) in [5.41, 5.74) is 8.25. The minimum Gasteiger partial charge on any atom is -0.457 e. The lowest BCUT2D eigenvalue weighted by molar-refractivity contribution is -0.120. The highest BCUT2D eigenvalue weighted by atomic mass is 32.1. The maximum atomic E-state index is 11.7. The van der Waals surface area contributed by atoms with Crippen molar-refractivity contribution in [1.29, 1.82) is 0 Å². The van der Waals surface area contributed by atoms with Gasteiger partial charge in [0.25, 0.3) is 0 Å². The summed E-state index contributed by atoms with van der Waals surface area (Å²) in [7, 11) is 0. The summed E-state index contributed by atoms with van der Waals surface area (Å²) in [5.74, 6) is 2.78. The summed E-state index contributed by atoms with van der Waals surface area (Å²) in [6, 6.07) is 17.7. The lowest BCUT2D eigenvalue weighted by Gasteiger charge is -2.19. The Morgan fingerprint density at radius 1 is 0.933 bits per heavy atom. The van der Waals surface area contributed by atoms with Gasteiger partial charge in [-0.3, -0.25) is 4.79 Å². The fourth-order valence-corrected chi connectivity index (χ4v) is 5.43. The second-order valence-electron chi connectivity index (χ2n) is 7.53. The van der Waals surface area contributed by atoms with Crippen LogP contribution in [0.5, 0.6) is 11.5 Å². The minimum absolute atomic E-state index is 0.346. The normalized spacial score (nSPS) is 14.9. The van der Waals surface area contributed by atoms with E-state index < -0.39 is 0 Å². The second kappa shape index (κ2) is 7.88. The quantitative estimate of drug-likeness (QED) is 0.445. The zero-order valence-corrected chi connectivity index (χ0v) is 17.2. The average Bonchev–Trinajstić information content (AvgIpc) is 3.17. The zero-order valence-electron chi connectivity index (χ0n) is 16.4. The van der Waals surface area contributed by atoms with Crippen molar-refractivity contribution in [3.05, 3.63) is 65.8 Å². The van der Waals surface area contributed by atoms with Crippen LogP contribution >= 0.6 is 11.3 Å². The SMILES string of the molecule is Nc1ncnc2c(C3CCC(=O)CC3)sc(-c3ccc(Oc4ccccc4)cc3)c12. The first kappa shape index (κ1) is 18.8. The number of fused-ring (bicyclic) bond motifs is 1. The van der Waals surface area contributed by atoms with Crippen molar-refractivity contribution in [3.63, 3.8) is 0 Å². The molecule has 2 aromatic carbocycles. The topological polar surface area (TPSA) is 78.1 Å². The molecule has 1 aliphatic rings. The second-order valence-corrected chi connectivity index (χ2v) is 8.58. The van der Waals surface area contributed by atoms with Gasteiger partial charge in [-0.2, -0.15) is 0 Å². The number of hydrogen-bond acceptors (Lipinski definition) is 6. The number of hydrogen-bond donors (Lipinski definition) is 1. The average molecular weight is 416 g/mol. The fraction of sp³-hybridized carbons (Fsp3) is 0.208. The molecular formula is C24H21N3O2S. The highest BCUT2D eigenvalue weighted by Crippen LogP contribution is 2.46. The first-order chi connectivity index (χ1) is 14.7. The number of Topliss-reactive ketones (excluding diaryl/α,β-unsaturated/α-hetero) is 1. The van der Waals surface area contributed by atoms with Crippen LogP contribution in [0.25, 0.3) is 21.3 Å². The van der Waals surface area contributed by atoms with Crippen molar-refractivity contribution in [3.8, 4) is 21.9 Å². The van der Waals surface area contributed by atoms with Crippen LogP contribution in [0.2, 0.25) is 0 Å². The van der Waals surface area contributed by atoms with Crippen LogP contribution in [-0.2, 0) is 4.79 Å². The van der Waals surface area contributed by atoms with Crippen molar-refractivity contribution >= 4 is 33.8 Å². The number of ether oxygens (including phenoxy) is 1. The van der Waals surface area contributed by atoms with E-state index in [-0.39, 0.29) is 0 Å². The predicted octanol–water partition coefficient (Wildman–Crippen LogP) is 5.96. The summed E-state index contributed by atoms with van der Waals surface area (Å²) in [5, 5.41) is 0.908. The number of nitrogens with two attached hydrogens (primary N) is 1. The van der Waals surface area contributed by atoms with Gasteiger partial charge in [0, 0.05) is 22.6 Å². The highest BCUT2D eigenvalue weighted by molar-refractivity contribution is 7.17. The van der Waals surface area contributed by atoms with Crippen LogP contribution in [0.3, 0.4) is 0 Å². The Labute approximate surface area is 178 Å². The third kappa shape index (κ3) is 3.55. The molecule has 0 radical (unpaired) electrons. The smallest absolute Gasteiger partial charge is 0.136 e. The molecule has 1 fully saturated rings. The summed E-state index contributed by atoms with van der Waals surface area (Å²) in [4.78, 5) is 22.8. The number of para-hydroxylation sites is 1.